The SMILES string of the molecule is CC[C@H]1CN(c2nc(N)c(-c3nnc(NC)o3)nc2Cl)CCN1C1CCN(C(=O)c2ccc(Cl)nc2N)CC1. The molecule has 2 saturated heterocycles. The number of nitrogens with two attached hydrogens (primary N) is 2. The monoisotopic (exact) mass is 575 g/mol. The van der Waals surface area contributed by atoms with E-state index in [0.717, 1.165) is 38.9 Å². The molecule has 3 aromatic heterocycles. The number of piperidine rings is 1. The molecule has 0 bridgehead atoms. The van der Waals surface area contributed by atoms with E-state index in [1.807, 2.05) is 4.90 Å². The van der Waals surface area contributed by atoms with Crippen LogP contribution < -0.4 is 21.7 Å². The van der Waals surface area contributed by atoms with Crippen LogP contribution in [0.5, 0.6) is 0 Å². The van der Waals surface area contributed by atoms with Gasteiger partial charge in [-0.05, 0) is 31.4 Å². The molecular weight excluding hydrogens is 545 g/mol. The highest BCUT2D eigenvalue weighted by atomic mass is 35.5. The van der Waals surface area contributed by atoms with Gasteiger partial charge in [-0.15, -0.1) is 5.10 Å². The van der Waals surface area contributed by atoms with E-state index in [-0.39, 0.29) is 51.5 Å². The van der Waals surface area contributed by atoms with E-state index in [0.29, 0.717) is 30.5 Å². The Balaban J connectivity index is 1.23. The fraction of sp³-hybridized carbons (Fsp3) is 0.500. The Morgan fingerprint density at radius 3 is 2.51 bits per heavy atom. The van der Waals surface area contributed by atoms with Gasteiger partial charge in [0.15, 0.2) is 22.5 Å². The van der Waals surface area contributed by atoms with E-state index < -0.39 is 0 Å². The molecule has 0 unspecified atom stereocenters. The van der Waals surface area contributed by atoms with Crippen LogP contribution >= 0.6 is 23.2 Å². The summed E-state index contributed by atoms with van der Waals surface area (Å²) in [5.41, 5.74) is 12.8. The zero-order valence-electron chi connectivity index (χ0n) is 21.8. The molecule has 5 N–H and O–H groups in total. The predicted molar refractivity (Wildman–Crippen MR) is 150 cm³/mol. The van der Waals surface area contributed by atoms with Crippen molar-refractivity contribution < 1.29 is 9.21 Å². The van der Waals surface area contributed by atoms with Crippen LogP contribution in [0.4, 0.5) is 23.5 Å². The van der Waals surface area contributed by atoms with E-state index in [9.17, 15) is 4.79 Å². The Kier molecular flexibility index (Phi) is 7.91. The number of rotatable bonds is 6. The molecule has 2 fully saturated rings. The van der Waals surface area contributed by atoms with Crippen LogP contribution in [0.3, 0.4) is 0 Å². The number of anilines is 4. The number of amides is 1. The lowest BCUT2D eigenvalue weighted by molar-refractivity contribution is 0.0491. The van der Waals surface area contributed by atoms with Crippen LogP contribution in [-0.4, -0.2) is 92.7 Å². The van der Waals surface area contributed by atoms with Crippen molar-refractivity contribution in [1.29, 1.82) is 0 Å². The van der Waals surface area contributed by atoms with Crippen LogP contribution in [0.15, 0.2) is 16.5 Å². The number of likely N-dealkylation sites (tertiary alicyclic amines) is 1. The quantitative estimate of drug-likeness (QED) is 0.368. The van der Waals surface area contributed by atoms with E-state index in [2.05, 4.69) is 47.2 Å². The molecule has 208 valence electrons. The zero-order chi connectivity index (χ0) is 27.7. The second-order valence-corrected chi connectivity index (χ2v) is 10.3. The summed E-state index contributed by atoms with van der Waals surface area (Å²) in [7, 11) is 1.67. The molecule has 0 saturated carbocycles. The molecule has 2 aliphatic heterocycles. The zero-order valence-corrected chi connectivity index (χ0v) is 23.3. The third-order valence-electron chi connectivity index (χ3n) is 7.35. The van der Waals surface area contributed by atoms with Crippen molar-refractivity contribution in [2.24, 2.45) is 0 Å². The molecule has 0 aromatic carbocycles. The van der Waals surface area contributed by atoms with Gasteiger partial charge in [-0.25, -0.2) is 15.0 Å². The highest BCUT2D eigenvalue weighted by Gasteiger charge is 2.35. The van der Waals surface area contributed by atoms with Gasteiger partial charge in [0.25, 0.3) is 11.8 Å². The fourth-order valence-corrected chi connectivity index (χ4v) is 5.71. The van der Waals surface area contributed by atoms with Crippen molar-refractivity contribution in [2.75, 3.05) is 61.5 Å². The second kappa shape index (κ2) is 11.4. The van der Waals surface area contributed by atoms with Crippen molar-refractivity contribution in [3.8, 4) is 11.6 Å². The van der Waals surface area contributed by atoms with Crippen molar-refractivity contribution in [1.82, 2.24) is 34.9 Å². The topological polar surface area (TPSA) is 168 Å². The summed E-state index contributed by atoms with van der Waals surface area (Å²) >= 11 is 12.5. The largest absolute Gasteiger partial charge is 0.402 e. The summed E-state index contributed by atoms with van der Waals surface area (Å²) in [6, 6.07) is 4.13. The van der Waals surface area contributed by atoms with Gasteiger partial charge < -0.3 is 31.0 Å². The minimum absolute atomic E-state index is 0.107. The lowest BCUT2D eigenvalue weighted by Gasteiger charge is -2.47. The number of piperazine rings is 1. The maximum absolute atomic E-state index is 13.0. The van der Waals surface area contributed by atoms with Gasteiger partial charge in [0.1, 0.15) is 11.0 Å². The molecule has 0 radical (unpaired) electrons. The summed E-state index contributed by atoms with van der Waals surface area (Å²) in [6.07, 6.45) is 2.71. The van der Waals surface area contributed by atoms with Gasteiger partial charge in [-0.1, -0.05) is 35.2 Å². The fourth-order valence-electron chi connectivity index (χ4n) is 5.30. The summed E-state index contributed by atoms with van der Waals surface area (Å²) in [6.45, 7) is 5.78. The molecule has 15 heteroatoms. The highest BCUT2D eigenvalue weighted by Crippen LogP contribution is 2.32. The summed E-state index contributed by atoms with van der Waals surface area (Å²) in [4.78, 5) is 32.5. The molecule has 1 atom stereocenters. The first-order valence-corrected chi connectivity index (χ1v) is 13.6. The first-order valence-electron chi connectivity index (χ1n) is 12.9. The van der Waals surface area contributed by atoms with Crippen LogP contribution in [0.2, 0.25) is 10.3 Å². The predicted octanol–water partition coefficient (Wildman–Crippen LogP) is 2.64. The van der Waals surface area contributed by atoms with Gasteiger partial charge in [0.2, 0.25) is 0 Å². The number of pyridine rings is 1. The number of halogens is 2. The van der Waals surface area contributed by atoms with Crippen LogP contribution in [0.25, 0.3) is 11.6 Å². The van der Waals surface area contributed by atoms with Crippen molar-refractivity contribution >= 4 is 52.6 Å². The standard InChI is InChI=1S/C24H31Cl2N11O2/c1-3-13-12-36(21-18(26)31-17(20(28)32-21)22-33-34-24(29-2)39-22)10-11-37(13)14-6-8-35(9-7-14)23(38)15-4-5-16(25)30-19(15)27/h4-5,13-14H,3,6-12H2,1-2H3,(H2,27,30)(H2,28,32)(H,29,34)/t13-/m0/s1. The van der Waals surface area contributed by atoms with Gasteiger partial charge in [0, 0.05) is 51.9 Å². The third-order valence-corrected chi connectivity index (χ3v) is 7.81. The van der Waals surface area contributed by atoms with Crippen LogP contribution in [-0.2, 0) is 0 Å². The molecule has 5 heterocycles. The van der Waals surface area contributed by atoms with Crippen molar-refractivity contribution in [3.63, 3.8) is 0 Å². The molecule has 0 spiro atoms. The normalized spacial score (nSPS) is 18.9. The molecule has 5 rings (SSSR count). The van der Waals surface area contributed by atoms with Crippen molar-refractivity contribution in [3.05, 3.63) is 28.0 Å². The van der Waals surface area contributed by atoms with E-state index in [4.69, 9.17) is 39.1 Å². The van der Waals surface area contributed by atoms with Crippen molar-refractivity contribution in [2.45, 2.75) is 38.3 Å². The summed E-state index contributed by atoms with van der Waals surface area (Å²) < 4.78 is 5.48. The van der Waals surface area contributed by atoms with Gasteiger partial charge in [-0.2, -0.15) is 0 Å². The average Bonchev–Trinajstić information content (AvgIpc) is 3.43. The van der Waals surface area contributed by atoms with E-state index in [1.165, 1.54) is 0 Å². The number of nitrogen functional groups attached to an aromatic ring is 2. The number of hydrogen-bond donors (Lipinski definition) is 3. The highest BCUT2D eigenvalue weighted by molar-refractivity contribution is 6.32. The Labute approximate surface area is 235 Å². The molecular formula is C24H31Cl2N11O2. The van der Waals surface area contributed by atoms with E-state index >= 15 is 0 Å². The lowest BCUT2D eigenvalue weighted by atomic mass is 9.97. The molecule has 0 aliphatic carbocycles. The number of carbonyl (C=O) groups excluding carboxylic acids is 1. The number of nitrogens with one attached hydrogen (secondary N) is 1. The number of hydrogen-bond acceptors (Lipinski definition) is 12. The Morgan fingerprint density at radius 2 is 1.85 bits per heavy atom. The number of nitrogens with zero attached hydrogens (tertiary/aromatic N) is 8. The van der Waals surface area contributed by atoms with Crippen LogP contribution in [0.1, 0.15) is 36.5 Å². The minimum atomic E-state index is -0.107. The van der Waals surface area contributed by atoms with Gasteiger partial charge in [-0.3, -0.25) is 9.69 Å². The molecule has 1 amide bonds. The summed E-state index contributed by atoms with van der Waals surface area (Å²) in [5.74, 6) is 0.911. The smallest absolute Gasteiger partial charge is 0.315 e. The Hall–Kier alpha value is -3.42. The van der Waals surface area contributed by atoms with Gasteiger partial charge in [0.05, 0.1) is 5.56 Å². The molecule has 3 aromatic rings. The molecule has 2 aliphatic rings. The lowest BCUT2D eigenvalue weighted by Crippen LogP contribution is -2.58. The number of carbonyl (C=O) groups is 1. The Bertz CT molecular complexity index is 1350. The van der Waals surface area contributed by atoms with E-state index in [1.54, 1.807) is 19.2 Å². The summed E-state index contributed by atoms with van der Waals surface area (Å²) in [5, 5.41) is 11.1. The maximum Gasteiger partial charge on any atom is 0.315 e. The maximum atomic E-state index is 13.0. The third kappa shape index (κ3) is 5.52. The van der Waals surface area contributed by atoms with Crippen LogP contribution in [0, 0.1) is 0 Å². The molecule has 13 nitrogen and oxygen atoms in total. The number of aromatic nitrogens is 5. The Morgan fingerprint density at radius 1 is 1.08 bits per heavy atom. The average molecular weight is 576 g/mol. The second-order valence-electron chi connectivity index (χ2n) is 9.57. The first kappa shape index (κ1) is 27.2. The molecule has 39 heavy (non-hydrogen) atoms. The first-order chi connectivity index (χ1) is 18.8. The minimum Gasteiger partial charge on any atom is -0.402 e. The van der Waals surface area contributed by atoms with Gasteiger partial charge >= 0.3 is 6.01 Å².